The quantitative estimate of drug-likeness (QED) is 0.917. The van der Waals surface area contributed by atoms with Gasteiger partial charge in [-0.15, -0.1) is 11.3 Å². The molecule has 0 radical (unpaired) electrons. The van der Waals surface area contributed by atoms with Crippen molar-refractivity contribution in [1.82, 2.24) is 10.3 Å². The van der Waals surface area contributed by atoms with Gasteiger partial charge in [-0.3, -0.25) is 0 Å². The van der Waals surface area contributed by atoms with Crippen molar-refractivity contribution in [2.45, 2.75) is 33.4 Å². The van der Waals surface area contributed by atoms with Gasteiger partial charge >= 0.3 is 0 Å². The normalized spacial score (nSPS) is 11.4. The first-order valence-corrected chi connectivity index (χ1v) is 6.75. The molecule has 0 spiro atoms. The maximum absolute atomic E-state index is 6.19. The summed E-state index contributed by atoms with van der Waals surface area (Å²) in [5.74, 6) is 1.43. The van der Waals surface area contributed by atoms with Crippen LogP contribution in [-0.4, -0.2) is 11.0 Å². The molecule has 0 unspecified atom stereocenters. The van der Waals surface area contributed by atoms with Crippen molar-refractivity contribution in [2.24, 2.45) is 0 Å². The van der Waals surface area contributed by atoms with E-state index in [1.165, 1.54) is 0 Å². The van der Waals surface area contributed by atoms with Crippen molar-refractivity contribution >= 4 is 22.9 Å². The Hall–Kier alpha value is -0.840. The number of nitrogens with one attached hydrogen (secondary N) is 1. The molecule has 5 heteroatoms. The first-order chi connectivity index (χ1) is 8.08. The van der Waals surface area contributed by atoms with Crippen LogP contribution in [-0.2, 0) is 6.54 Å². The summed E-state index contributed by atoms with van der Waals surface area (Å²) in [6, 6.07) is 0.415. The maximum Gasteiger partial charge on any atom is 0.208 e. The molecule has 92 valence electrons. The summed E-state index contributed by atoms with van der Waals surface area (Å²) in [5, 5.41) is 6.04. The van der Waals surface area contributed by atoms with Crippen molar-refractivity contribution in [1.29, 1.82) is 0 Å². The van der Waals surface area contributed by atoms with Crippen LogP contribution in [0.4, 0.5) is 0 Å². The summed E-state index contributed by atoms with van der Waals surface area (Å²) < 4.78 is 5.67. The molecule has 2 rings (SSSR count). The summed E-state index contributed by atoms with van der Waals surface area (Å²) in [4.78, 5) is 5.19. The molecule has 0 amide bonds. The van der Waals surface area contributed by atoms with Crippen LogP contribution in [0.5, 0.6) is 0 Å². The van der Waals surface area contributed by atoms with E-state index in [2.05, 4.69) is 24.1 Å². The van der Waals surface area contributed by atoms with Crippen LogP contribution in [0, 0.1) is 6.92 Å². The molecule has 0 aromatic carbocycles. The van der Waals surface area contributed by atoms with E-state index in [9.17, 15) is 0 Å². The highest BCUT2D eigenvalue weighted by molar-refractivity contribution is 7.14. The molecule has 0 fully saturated rings. The van der Waals surface area contributed by atoms with Gasteiger partial charge in [0.2, 0.25) is 5.89 Å². The zero-order valence-electron chi connectivity index (χ0n) is 10.1. The fourth-order valence-corrected chi connectivity index (χ4v) is 2.62. The lowest BCUT2D eigenvalue weighted by Crippen LogP contribution is -2.21. The highest BCUT2D eigenvalue weighted by Gasteiger charge is 2.13. The molecule has 0 aliphatic carbocycles. The smallest absolute Gasteiger partial charge is 0.208 e. The zero-order chi connectivity index (χ0) is 12.4. The molecule has 2 aromatic rings. The number of oxazole rings is 1. The van der Waals surface area contributed by atoms with E-state index >= 15 is 0 Å². The van der Waals surface area contributed by atoms with Crippen LogP contribution in [0.2, 0.25) is 5.02 Å². The van der Waals surface area contributed by atoms with Crippen molar-refractivity contribution in [3.05, 3.63) is 28.1 Å². The largest absolute Gasteiger partial charge is 0.438 e. The van der Waals surface area contributed by atoms with Gasteiger partial charge in [-0.05, 0) is 17.9 Å². The summed E-state index contributed by atoms with van der Waals surface area (Å²) in [5.41, 5.74) is 1.07. The lowest BCUT2D eigenvalue weighted by atomic mass is 10.3. The molecule has 3 nitrogen and oxygen atoms in total. The highest BCUT2D eigenvalue weighted by atomic mass is 35.5. The Morgan fingerprint density at radius 2 is 2.29 bits per heavy atom. The van der Waals surface area contributed by atoms with Crippen LogP contribution < -0.4 is 5.32 Å². The Bertz CT molecular complexity index is 504. The van der Waals surface area contributed by atoms with Crippen molar-refractivity contribution in [3.8, 4) is 10.6 Å². The number of halogens is 1. The fourth-order valence-electron chi connectivity index (χ4n) is 1.38. The van der Waals surface area contributed by atoms with Crippen LogP contribution in [0.1, 0.15) is 25.3 Å². The standard InChI is InChI=1S/C12H15ClN2OS/c1-7(2)14-5-10-15-4-9(16-10)12-11(13)8(3)6-17-12/h4,6-7,14H,5H2,1-3H3. The van der Waals surface area contributed by atoms with Gasteiger partial charge in [0.15, 0.2) is 5.76 Å². The highest BCUT2D eigenvalue weighted by Crippen LogP contribution is 2.36. The maximum atomic E-state index is 6.19. The Labute approximate surface area is 110 Å². The summed E-state index contributed by atoms with van der Waals surface area (Å²) in [6.07, 6.45) is 1.73. The first kappa shape index (κ1) is 12.6. The van der Waals surface area contributed by atoms with E-state index < -0.39 is 0 Å². The molecule has 2 heterocycles. The molecular weight excluding hydrogens is 256 g/mol. The monoisotopic (exact) mass is 270 g/mol. The molecule has 0 bridgehead atoms. The van der Waals surface area contributed by atoms with Crippen molar-refractivity contribution < 1.29 is 4.42 Å². The summed E-state index contributed by atoms with van der Waals surface area (Å²) in [6.45, 7) is 6.80. The molecule has 2 aromatic heterocycles. The van der Waals surface area contributed by atoms with Gasteiger partial charge < -0.3 is 9.73 Å². The van der Waals surface area contributed by atoms with E-state index in [0.717, 1.165) is 21.2 Å². The van der Waals surface area contributed by atoms with Crippen LogP contribution in [0.25, 0.3) is 10.6 Å². The summed E-state index contributed by atoms with van der Waals surface area (Å²) in [7, 11) is 0. The van der Waals surface area contributed by atoms with Gasteiger partial charge in [0.25, 0.3) is 0 Å². The fraction of sp³-hybridized carbons (Fsp3) is 0.417. The van der Waals surface area contributed by atoms with Gasteiger partial charge in [-0.25, -0.2) is 4.98 Å². The minimum Gasteiger partial charge on any atom is -0.438 e. The molecule has 0 aliphatic rings. The van der Waals surface area contributed by atoms with E-state index in [1.54, 1.807) is 17.5 Å². The van der Waals surface area contributed by atoms with Crippen molar-refractivity contribution in [2.75, 3.05) is 0 Å². The average Bonchev–Trinajstić information content (AvgIpc) is 2.85. The number of nitrogens with zero attached hydrogens (tertiary/aromatic N) is 1. The van der Waals surface area contributed by atoms with Gasteiger partial charge in [0.05, 0.1) is 22.6 Å². The molecule has 17 heavy (non-hydrogen) atoms. The minimum absolute atomic E-state index is 0.415. The molecule has 0 aliphatic heterocycles. The number of hydrogen-bond acceptors (Lipinski definition) is 4. The molecular formula is C12H15ClN2OS. The lowest BCUT2D eigenvalue weighted by molar-refractivity contribution is 0.459. The van der Waals surface area contributed by atoms with Gasteiger partial charge in [-0.1, -0.05) is 25.4 Å². The Morgan fingerprint density at radius 1 is 1.53 bits per heavy atom. The topological polar surface area (TPSA) is 38.1 Å². The number of hydrogen-bond donors (Lipinski definition) is 1. The molecule has 0 saturated carbocycles. The second-order valence-electron chi connectivity index (χ2n) is 4.22. The second-order valence-corrected chi connectivity index (χ2v) is 5.47. The number of thiophene rings is 1. The second kappa shape index (κ2) is 5.21. The van der Waals surface area contributed by atoms with E-state index in [4.69, 9.17) is 16.0 Å². The third-order valence-electron chi connectivity index (χ3n) is 2.34. The zero-order valence-corrected chi connectivity index (χ0v) is 11.7. The molecule has 0 saturated heterocycles. The minimum atomic E-state index is 0.415. The van der Waals surface area contributed by atoms with E-state index in [1.807, 2.05) is 12.3 Å². The number of aromatic nitrogens is 1. The number of rotatable bonds is 4. The molecule has 0 atom stereocenters. The summed E-state index contributed by atoms with van der Waals surface area (Å²) >= 11 is 7.77. The van der Waals surface area contributed by atoms with Crippen LogP contribution >= 0.6 is 22.9 Å². The van der Waals surface area contributed by atoms with Crippen molar-refractivity contribution in [3.63, 3.8) is 0 Å². The predicted molar refractivity (Wildman–Crippen MR) is 71.5 cm³/mol. The average molecular weight is 271 g/mol. The third-order valence-corrected chi connectivity index (χ3v) is 4.05. The Balaban J connectivity index is 2.15. The third kappa shape index (κ3) is 2.89. The predicted octanol–water partition coefficient (Wildman–Crippen LogP) is 3.86. The van der Waals surface area contributed by atoms with Gasteiger partial charge in [0.1, 0.15) is 0 Å². The Morgan fingerprint density at radius 3 is 2.88 bits per heavy atom. The molecule has 1 N–H and O–H groups in total. The van der Waals surface area contributed by atoms with Crippen LogP contribution in [0.3, 0.4) is 0 Å². The Kier molecular flexibility index (Phi) is 3.86. The number of aryl methyl sites for hydroxylation is 1. The first-order valence-electron chi connectivity index (χ1n) is 5.50. The van der Waals surface area contributed by atoms with E-state index in [-0.39, 0.29) is 0 Å². The van der Waals surface area contributed by atoms with E-state index in [0.29, 0.717) is 18.5 Å². The SMILES string of the molecule is Cc1csc(-c2cnc(CNC(C)C)o2)c1Cl. The lowest BCUT2D eigenvalue weighted by Gasteiger charge is -2.03. The van der Waals surface area contributed by atoms with Gasteiger partial charge in [0, 0.05) is 6.04 Å². The van der Waals surface area contributed by atoms with Gasteiger partial charge in [-0.2, -0.15) is 0 Å². The van der Waals surface area contributed by atoms with Crippen LogP contribution in [0.15, 0.2) is 16.0 Å².